The molecule has 1 aliphatic carbocycles. The zero-order valence-electron chi connectivity index (χ0n) is 14.1. The van der Waals surface area contributed by atoms with Gasteiger partial charge in [0.15, 0.2) is 0 Å². The smallest absolute Gasteiger partial charge is 0.238 e. The summed E-state index contributed by atoms with van der Waals surface area (Å²) in [6, 6.07) is 0.629. The van der Waals surface area contributed by atoms with Crippen LogP contribution in [0.5, 0.6) is 0 Å². The first-order chi connectivity index (χ1) is 10.6. The van der Waals surface area contributed by atoms with Crippen LogP contribution in [0.1, 0.15) is 49.9 Å². The summed E-state index contributed by atoms with van der Waals surface area (Å²) in [5.74, 6) is 0.919. The van der Waals surface area contributed by atoms with Crippen molar-refractivity contribution in [3.63, 3.8) is 0 Å². The molecule has 22 heavy (non-hydrogen) atoms. The van der Waals surface area contributed by atoms with E-state index in [1.54, 1.807) is 0 Å². The number of nitrogens with one attached hydrogen (secondary N) is 1. The van der Waals surface area contributed by atoms with Crippen molar-refractivity contribution >= 4 is 11.6 Å². The minimum Gasteiger partial charge on any atom is -0.322 e. The average molecular weight is 304 g/mol. The summed E-state index contributed by atoms with van der Waals surface area (Å²) in [6.45, 7) is 5.53. The number of aryl methyl sites for hydroxylation is 2. The number of likely N-dealkylation sites (tertiary alicyclic amines) is 1. The second-order valence-electron chi connectivity index (χ2n) is 6.94. The Bertz CT molecular complexity index is 549. The minimum atomic E-state index is 0.102. The van der Waals surface area contributed by atoms with Gasteiger partial charge in [-0.05, 0) is 52.0 Å². The number of anilines is 1. The first kappa shape index (κ1) is 15.5. The quantitative estimate of drug-likeness (QED) is 0.934. The number of piperidine rings is 1. The Labute approximate surface area is 133 Å². The number of aromatic nitrogens is 2. The van der Waals surface area contributed by atoms with Crippen LogP contribution >= 0.6 is 0 Å². The van der Waals surface area contributed by atoms with Crippen LogP contribution in [0.2, 0.25) is 0 Å². The van der Waals surface area contributed by atoms with Crippen LogP contribution in [0.15, 0.2) is 0 Å². The highest BCUT2D eigenvalue weighted by atomic mass is 16.2. The number of carbonyl (C=O) groups excluding carboxylic acids is 1. The Morgan fingerprint density at radius 3 is 2.68 bits per heavy atom. The second kappa shape index (κ2) is 6.41. The number of hydrogen-bond donors (Lipinski definition) is 1. The van der Waals surface area contributed by atoms with E-state index in [0.717, 1.165) is 29.5 Å². The molecule has 2 fully saturated rings. The fourth-order valence-electron chi connectivity index (χ4n) is 4.24. The summed E-state index contributed by atoms with van der Waals surface area (Å²) in [5.41, 5.74) is 2.78. The van der Waals surface area contributed by atoms with Crippen molar-refractivity contribution in [1.29, 1.82) is 0 Å². The normalized spacial score (nSPS) is 25.8. The monoisotopic (exact) mass is 304 g/mol. The lowest BCUT2D eigenvalue weighted by molar-refractivity contribution is -0.118. The molecule has 0 spiro atoms. The van der Waals surface area contributed by atoms with Crippen molar-refractivity contribution in [2.45, 2.75) is 58.4 Å². The van der Waals surface area contributed by atoms with Gasteiger partial charge < -0.3 is 5.32 Å². The molecule has 5 heteroatoms. The van der Waals surface area contributed by atoms with E-state index in [2.05, 4.69) is 15.3 Å². The molecule has 1 aromatic heterocycles. The zero-order valence-corrected chi connectivity index (χ0v) is 14.1. The van der Waals surface area contributed by atoms with Crippen molar-refractivity contribution in [3.8, 4) is 0 Å². The van der Waals surface area contributed by atoms with Crippen molar-refractivity contribution in [3.05, 3.63) is 11.4 Å². The fourth-order valence-corrected chi connectivity index (χ4v) is 4.24. The zero-order chi connectivity index (χ0) is 15.7. The third kappa shape index (κ3) is 3.05. The van der Waals surface area contributed by atoms with E-state index in [4.69, 9.17) is 0 Å². The molecule has 2 heterocycles. The molecule has 122 valence electrons. The first-order valence-electron chi connectivity index (χ1n) is 8.60. The summed E-state index contributed by atoms with van der Waals surface area (Å²) in [7, 11) is 1.91. The van der Waals surface area contributed by atoms with E-state index in [1.807, 2.05) is 25.6 Å². The van der Waals surface area contributed by atoms with Crippen LogP contribution in [0.3, 0.4) is 0 Å². The van der Waals surface area contributed by atoms with Gasteiger partial charge in [0.05, 0.1) is 23.6 Å². The van der Waals surface area contributed by atoms with Crippen molar-refractivity contribution in [2.75, 3.05) is 18.4 Å². The molecular formula is C17H28N4O. The average Bonchev–Trinajstić information content (AvgIpc) is 2.74. The third-order valence-corrected chi connectivity index (χ3v) is 5.48. The first-order valence-corrected chi connectivity index (χ1v) is 8.60. The Morgan fingerprint density at radius 2 is 1.95 bits per heavy atom. The molecule has 2 unspecified atom stereocenters. The summed E-state index contributed by atoms with van der Waals surface area (Å²) >= 11 is 0. The molecule has 2 atom stereocenters. The number of amides is 1. The third-order valence-electron chi connectivity index (χ3n) is 5.48. The molecule has 1 saturated heterocycles. The predicted molar refractivity (Wildman–Crippen MR) is 87.9 cm³/mol. The number of rotatable bonds is 3. The van der Waals surface area contributed by atoms with Gasteiger partial charge in [-0.1, -0.05) is 12.8 Å². The highest BCUT2D eigenvalue weighted by Gasteiger charge is 2.33. The molecule has 5 nitrogen and oxygen atoms in total. The molecule has 1 aromatic rings. The van der Waals surface area contributed by atoms with Gasteiger partial charge in [0.2, 0.25) is 5.91 Å². The lowest BCUT2D eigenvalue weighted by Gasteiger charge is -2.43. The van der Waals surface area contributed by atoms with Crippen molar-refractivity contribution < 1.29 is 4.79 Å². The number of fused-ring (bicyclic) bond motifs is 1. The maximum atomic E-state index is 12.5. The van der Waals surface area contributed by atoms with Crippen LogP contribution < -0.4 is 5.32 Å². The van der Waals surface area contributed by atoms with E-state index < -0.39 is 0 Å². The Kier molecular flexibility index (Phi) is 4.52. The lowest BCUT2D eigenvalue weighted by atomic mass is 9.78. The molecule has 2 aliphatic rings. The van der Waals surface area contributed by atoms with E-state index in [9.17, 15) is 4.79 Å². The molecule has 0 bridgehead atoms. The summed E-state index contributed by atoms with van der Waals surface area (Å²) in [4.78, 5) is 14.9. The van der Waals surface area contributed by atoms with Gasteiger partial charge in [0, 0.05) is 13.1 Å². The van der Waals surface area contributed by atoms with Gasteiger partial charge in [-0.3, -0.25) is 14.4 Å². The summed E-state index contributed by atoms with van der Waals surface area (Å²) in [6.07, 6.45) is 7.89. The topological polar surface area (TPSA) is 50.2 Å². The van der Waals surface area contributed by atoms with E-state index in [1.165, 1.54) is 38.5 Å². The Morgan fingerprint density at radius 1 is 1.23 bits per heavy atom. The minimum absolute atomic E-state index is 0.102. The maximum Gasteiger partial charge on any atom is 0.238 e. The van der Waals surface area contributed by atoms with Crippen LogP contribution in [0, 0.1) is 19.8 Å². The van der Waals surface area contributed by atoms with Crippen LogP contribution in [0.25, 0.3) is 0 Å². The van der Waals surface area contributed by atoms with E-state index >= 15 is 0 Å². The highest BCUT2D eigenvalue weighted by Crippen LogP contribution is 2.35. The van der Waals surface area contributed by atoms with Gasteiger partial charge in [-0.2, -0.15) is 5.10 Å². The second-order valence-corrected chi connectivity index (χ2v) is 6.94. The van der Waals surface area contributed by atoms with Crippen LogP contribution in [0.4, 0.5) is 5.69 Å². The molecule has 1 aliphatic heterocycles. The Hall–Kier alpha value is -1.36. The molecular weight excluding hydrogens is 276 g/mol. The number of nitrogens with zero attached hydrogens (tertiary/aromatic N) is 3. The van der Waals surface area contributed by atoms with Crippen LogP contribution in [-0.2, 0) is 11.8 Å². The van der Waals surface area contributed by atoms with Crippen LogP contribution in [-0.4, -0.2) is 39.7 Å². The van der Waals surface area contributed by atoms with Gasteiger partial charge in [-0.15, -0.1) is 0 Å². The molecule has 0 radical (unpaired) electrons. The molecule has 0 aromatic carbocycles. The fraction of sp³-hybridized carbons (Fsp3) is 0.765. The summed E-state index contributed by atoms with van der Waals surface area (Å²) < 4.78 is 1.82. The molecule has 1 N–H and O–H groups in total. The predicted octanol–water partition coefficient (Wildman–Crippen LogP) is 2.63. The standard InChI is InChI=1S/C17H28N4O/c1-12-17(13(2)20(3)19-12)18-16(22)11-21-10-6-8-14-7-4-5-9-15(14)21/h14-15H,4-11H2,1-3H3,(H,18,22). The Balaban J connectivity index is 1.63. The van der Waals surface area contributed by atoms with Crippen molar-refractivity contribution in [1.82, 2.24) is 14.7 Å². The van der Waals surface area contributed by atoms with E-state index in [-0.39, 0.29) is 5.91 Å². The lowest BCUT2D eigenvalue weighted by Crippen LogP contribution is -2.49. The largest absolute Gasteiger partial charge is 0.322 e. The highest BCUT2D eigenvalue weighted by molar-refractivity contribution is 5.93. The SMILES string of the molecule is Cc1nn(C)c(C)c1NC(=O)CN1CCCC2CCCCC21. The molecule has 1 amide bonds. The summed E-state index contributed by atoms with van der Waals surface area (Å²) in [5, 5.41) is 7.44. The number of hydrogen-bond acceptors (Lipinski definition) is 3. The van der Waals surface area contributed by atoms with Gasteiger partial charge in [0.25, 0.3) is 0 Å². The van der Waals surface area contributed by atoms with Gasteiger partial charge in [-0.25, -0.2) is 0 Å². The van der Waals surface area contributed by atoms with Gasteiger partial charge >= 0.3 is 0 Å². The number of carbonyl (C=O) groups is 1. The van der Waals surface area contributed by atoms with Crippen molar-refractivity contribution in [2.24, 2.45) is 13.0 Å². The molecule has 1 saturated carbocycles. The van der Waals surface area contributed by atoms with E-state index in [0.29, 0.717) is 12.6 Å². The van der Waals surface area contributed by atoms with Gasteiger partial charge in [0.1, 0.15) is 0 Å². The molecule has 3 rings (SSSR count). The maximum absolute atomic E-state index is 12.5.